The Balaban J connectivity index is 2.05. The largest absolute Gasteiger partial charge is 0.508 e. The summed E-state index contributed by atoms with van der Waals surface area (Å²) in [6.07, 6.45) is -1.03. The lowest BCUT2D eigenvalue weighted by molar-refractivity contribution is -0.138. The van der Waals surface area contributed by atoms with Gasteiger partial charge in [0.15, 0.2) is 0 Å². The molecule has 0 amide bonds. The number of alkyl halides is 3. The number of fused-ring (bicyclic) bond motifs is 2. The van der Waals surface area contributed by atoms with Gasteiger partial charge in [-0.1, -0.05) is 6.42 Å². The Morgan fingerprint density at radius 2 is 1.92 bits per heavy atom. The SMILES string of the molecule is CN(C)C[C@H]1[C@H]2CC[C@H](C2)C[C@]1(O)c1cc(O)cc(C(F)(F)F)c1. The van der Waals surface area contributed by atoms with E-state index in [0.29, 0.717) is 30.9 Å². The van der Waals surface area contributed by atoms with Gasteiger partial charge in [0.05, 0.1) is 11.2 Å². The van der Waals surface area contributed by atoms with Crippen molar-refractivity contribution in [3.63, 3.8) is 0 Å². The number of aromatic hydroxyl groups is 1. The molecule has 2 aliphatic carbocycles. The van der Waals surface area contributed by atoms with Crippen molar-refractivity contribution in [3.8, 4) is 5.75 Å². The normalized spacial score (nSPS) is 33.2. The van der Waals surface area contributed by atoms with Gasteiger partial charge in [0, 0.05) is 12.5 Å². The number of phenols is 1. The summed E-state index contributed by atoms with van der Waals surface area (Å²) in [5, 5.41) is 21.2. The number of hydrogen-bond donors (Lipinski definition) is 2. The minimum absolute atomic E-state index is 0.130. The second-order valence-corrected chi connectivity index (χ2v) is 7.70. The molecular formula is C18H24F3NO2. The van der Waals surface area contributed by atoms with Crippen LogP contribution in [0.1, 0.15) is 36.8 Å². The van der Waals surface area contributed by atoms with E-state index < -0.39 is 23.1 Å². The molecule has 0 unspecified atom stereocenters. The third-order valence-corrected chi connectivity index (χ3v) is 5.67. The number of nitrogens with zero attached hydrogens (tertiary/aromatic N) is 1. The number of phenolic OH excluding ortho intramolecular Hbond substituents is 1. The van der Waals surface area contributed by atoms with Crippen molar-refractivity contribution in [1.29, 1.82) is 0 Å². The fraction of sp³-hybridized carbons (Fsp3) is 0.667. The molecule has 1 aromatic carbocycles. The van der Waals surface area contributed by atoms with Crippen LogP contribution in [0, 0.1) is 17.8 Å². The van der Waals surface area contributed by atoms with E-state index in [1.54, 1.807) is 0 Å². The Morgan fingerprint density at radius 3 is 2.54 bits per heavy atom. The van der Waals surface area contributed by atoms with Crippen molar-refractivity contribution in [3.05, 3.63) is 29.3 Å². The number of halogens is 3. The van der Waals surface area contributed by atoms with Crippen LogP contribution in [0.15, 0.2) is 18.2 Å². The molecule has 2 bridgehead atoms. The molecule has 3 rings (SSSR count). The lowest BCUT2D eigenvalue weighted by Gasteiger charge is -2.45. The van der Waals surface area contributed by atoms with Crippen LogP contribution in [0.4, 0.5) is 13.2 Å². The number of hydrogen-bond acceptors (Lipinski definition) is 3. The molecule has 24 heavy (non-hydrogen) atoms. The van der Waals surface area contributed by atoms with Crippen LogP contribution >= 0.6 is 0 Å². The predicted octanol–water partition coefficient (Wildman–Crippen LogP) is 3.60. The van der Waals surface area contributed by atoms with Gasteiger partial charge in [-0.05, 0) is 69.0 Å². The number of aliphatic hydroxyl groups is 1. The van der Waals surface area contributed by atoms with Gasteiger partial charge in [0.2, 0.25) is 0 Å². The third-order valence-electron chi connectivity index (χ3n) is 5.67. The molecule has 0 aromatic heterocycles. The molecule has 2 fully saturated rings. The average molecular weight is 343 g/mol. The van der Waals surface area contributed by atoms with Crippen LogP contribution in [0.3, 0.4) is 0 Å². The first-order chi connectivity index (χ1) is 11.1. The van der Waals surface area contributed by atoms with Gasteiger partial charge in [-0.15, -0.1) is 0 Å². The van der Waals surface area contributed by atoms with Gasteiger partial charge < -0.3 is 15.1 Å². The van der Waals surface area contributed by atoms with E-state index in [-0.39, 0.29) is 11.5 Å². The maximum absolute atomic E-state index is 13.1. The average Bonchev–Trinajstić information content (AvgIpc) is 2.85. The summed E-state index contributed by atoms with van der Waals surface area (Å²) >= 11 is 0. The first-order valence-electron chi connectivity index (χ1n) is 8.38. The summed E-state index contributed by atoms with van der Waals surface area (Å²) in [5.74, 6) is 0.0758. The van der Waals surface area contributed by atoms with Crippen molar-refractivity contribution in [2.24, 2.45) is 17.8 Å². The molecule has 0 saturated heterocycles. The Labute approximate surface area is 140 Å². The Morgan fingerprint density at radius 1 is 1.21 bits per heavy atom. The first kappa shape index (κ1) is 17.5. The van der Waals surface area contributed by atoms with Gasteiger partial charge in [0.25, 0.3) is 0 Å². The minimum Gasteiger partial charge on any atom is -0.508 e. The quantitative estimate of drug-likeness (QED) is 0.881. The zero-order valence-electron chi connectivity index (χ0n) is 14.0. The zero-order valence-corrected chi connectivity index (χ0v) is 14.0. The van der Waals surface area contributed by atoms with Crippen LogP contribution in [-0.4, -0.2) is 35.8 Å². The molecule has 4 atom stereocenters. The molecule has 0 spiro atoms. The van der Waals surface area contributed by atoms with Crippen LogP contribution in [0.5, 0.6) is 5.75 Å². The van der Waals surface area contributed by atoms with Crippen molar-refractivity contribution in [2.75, 3.05) is 20.6 Å². The van der Waals surface area contributed by atoms with Gasteiger partial charge in [-0.2, -0.15) is 13.2 Å². The summed E-state index contributed by atoms with van der Waals surface area (Å²) in [5.41, 5.74) is -2.04. The van der Waals surface area contributed by atoms with E-state index >= 15 is 0 Å². The van der Waals surface area contributed by atoms with Crippen molar-refractivity contribution in [1.82, 2.24) is 4.90 Å². The van der Waals surface area contributed by atoms with Crippen molar-refractivity contribution >= 4 is 0 Å². The summed E-state index contributed by atoms with van der Waals surface area (Å²) in [6, 6.07) is 3.01. The van der Waals surface area contributed by atoms with Crippen LogP contribution < -0.4 is 0 Å². The fourth-order valence-electron chi connectivity index (χ4n) is 4.70. The Hall–Kier alpha value is -1.27. The summed E-state index contributed by atoms with van der Waals surface area (Å²) < 4.78 is 39.3. The Kier molecular flexibility index (Phi) is 4.33. The lowest BCUT2D eigenvalue weighted by atomic mass is 9.65. The maximum Gasteiger partial charge on any atom is 0.416 e. The third kappa shape index (κ3) is 3.14. The van der Waals surface area contributed by atoms with Gasteiger partial charge in [-0.3, -0.25) is 0 Å². The molecule has 2 saturated carbocycles. The molecule has 0 radical (unpaired) electrons. The monoisotopic (exact) mass is 343 g/mol. The molecule has 0 aliphatic heterocycles. The van der Waals surface area contributed by atoms with E-state index in [1.807, 2.05) is 19.0 Å². The minimum atomic E-state index is -4.55. The molecule has 2 aliphatic rings. The first-order valence-corrected chi connectivity index (χ1v) is 8.38. The van der Waals surface area contributed by atoms with E-state index in [0.717, 1.165) is 25.3 Å². The van der Waals surface area contributed by atoms with E-state index in [9.17, 15) is 23.4 Å². The van der Waals surface area contributed by atoms with Crippen molar-refractivity contribution < 1.29 is 23.4 Å². The highest BCUT2D eigenvalue weighted by molar-refractivity contribution is 5.39. The molecule has 3 nitrogen and oxygen atoms in total. The fourth-order valence-corrected chi connectivity index (χ4v) is 4.70. The second-order valence-electron chi connectivity index (χ2n) is 7.70. The summed E-state index contributed by atoms with van der Waals surface area (Å²) in [4.78, 5) is 1.97. The molecule has 1 aromatic rings. The number of rotatable bonds is 3. The van der Waals surface area contributed by atoms with E-state index in [2.05, 4.69) is 0 Å². The van der Waals surface area contributed by atoms with Gasteiger partial charge in [0.1, 0.15) is 5.75 Å². The van der Waals surface area contributed by atoms with Crippen LogP contribution in [0.25, 0.3) is 0 Å². The summed E-state index contributed by atoms with van der Waals surface area (Å²) in [7, 11) is 3.82. The predicted molar refractivity (Wildman–Crippen MR) is 84.5 cm³/mol. The van der Waals surface area contributed by atoms with Gasteiger partial charge in [-0.25, -0.2) is 0 Å². The molecule has 0 heterocycles. The molecule has 134 valence electrons. The highest BCUT2D eigenvalue weighted by Gasteiger charge is 2.51. The number of benzene rings is 1. The molecule has 6 heteroatoms. The Bertz CT molecular complexity index is 617. The lowest BCUT2D eigenvalue weighted by Crippen LogP contribution is -2.47. The topological polar surface area (TPSA) is 43.7 Å². The van der Waals surface area contributed by atoms with E-state index in [1.165, 1.54) is 6.07 Å². The standard InChI is InChI=1S/C18H24F3NO2/c1-22(2)10-16-12-4-3-11(5-12)9-17(16,24)13-6-14(18(19,20)21)8-15(23)7-13/h6-8,11-12,16,23-24H,3-5,9-10H2,1-2H3/t11-,12+,16+,17+/m1/s1. The van der Waals surface area contributed by atoms with E-state index in [4.69, 9.17) is 0 Å². The molecular weight excluding hydrogens is 319 g/mol. The smallest absolute Gasteiger partial charge is 0.416 e. The highest BCUT2D eigenvalue weighted by Crippen LogP contribution is 2.55. The van der Waals surface area contributed by atoms with Crippen molar-refractivity contribution in [2.45, 2.75) is 37.5 Å². The molecule has 2 N–H and O–H groups in total. The summed E-state index contributed by atoms with van der Waals surface area (Å²) in [6.45, 7) is 0.616. The van der Waals surface area contributed by atoms with Gasteiger partial charge >= 0.3 is 6.18 Å². The highest BCUT2D eigenvalue weighted by atomic mass is 19.4. The second kappa shape index (κ2) is 5.92. The maximum atomic E-state index is 13.1. The van der Waals surface area contributed by atoms with Crippen LogP contribution in [-0.2, 0) is 11.8 Å². The van der Waals surface area contributed by atoms with Crippen LogP contribution in [0.2, 0.25) is 0 Å². The zero-order chi connectivity index (χ0) is 17.7.